The van der Waals surface area contributed by atoms with Crippen molar-refractivity contribution in [3.8, 4) is 0 Å². The zero-order valence-corrected chi connectivity index (χ0v) is 12.3. The molecule has 110 valence electrons. The number of anilines is 2. The fraction of sp³-hybridized carbons (Fsp3) is 0.571. The smallest absolute Gasteiger partial charge is 0.243 e. The molecule has 0 aromatic carbocycles. The summed E-state index contributed by atoms with van der Waals surface area (Å²) in [6.45, 7) is 8.35. The number of aromatic nitrogens is 1. The zero-order chi connectivity index (χ0) is 14.8. The van der Waals surface area contributed by atoms with E-state index in [1.54, 1.807) is 13.8 Å². The number of nitrogens with zero attached hydrogens (tertiary/aromatic N) is 2. The maximum absolute atomic E-state index is 11.9. The largest absolute Gasteiger partial charge is 0.378 e. The van der Waals surface area contributed by atoms with E-state index in [0.29, 0.717) is 5.69 Å². The van der Waals surface area contributed by atoms with E-state index in [4.69, 9.17) is 10.5 Å². The van der Waals surface area contributed by atoms with Gasteiger partial charge in [-0.3, -0.25) is 4.79 Å². The molecule has 1 aromatic rings. The average molecular weight is 278 g/mol. The predicted octanol–water partition coefficient (Wildman–Crippen LogP) is 0.902. The number of nitrogens with two attached hydrogens (primary N) is 1. The highest BCUT2D eigenvalue weighted by Crippen LogP contribution is 2.20. The van der Waals surface area contributed by atoms with Crippen molar-refractivity contribution in [2.45, 2.75) is 26.3 Å². The van der Waals surface area contributed by atoms with Crippen LogP contribution in [-0.2, 0) is 9.53 Å². The maximum atomic E-state index is 11.9. The highest BCUT2D eigenvalue weighted by atomic mass is 16.5. The van der Waals surface area contributed by atoms with Crippen LogP contribution in [0.3, 0.4) is 0 Å². The third kappa shape index (κ3) is 3.46. The molecule has 0 atom stereocenters. The van der Waals surface area contributed by atoms with Crippen molar-refractivity contribution < 1.29 is 9.53 Å². The number of rotatable bonds is 3. The number of carbonyl (C=O) groups excluding carboxylic acids is 1. The Morgan fingerprint density at radius 3 is 2.60 bits per heavy atom. The Balaban J connectivity index is 2.11. The molecule has 1 saturated heterocycles. The van der Waals surface area contributed by atoms with Crippen LogP contribution >= 0.6 is 0 Å². The van der Waals surface area contributed by atoms with Gasteiger partial charge < -0.3 is 20.7 Å². The van der Waals surface area contributed by atoms with Crippen molar-refractivity contribution in [2.75, 3.05) is 36.5 Å². The monoisotopic (exact) mass is 278 g/mol. The number of nitrogens with one attached hydrogen (secondary N) is 1. The van der Waals surface area contributed by atoms with Crippen molar-refractivity contribution in [3.05, 3.63) is 17.8 Å². The van der Waals surface area contributed by atoms with Gasteiger partial charge in [0.1, 0.15) is 5.82 Å². The van der Waals surface area contributed by atoms with E-state index in [-0.39, 0.29) is 5.91 Å². The fourth-order valence-corrected chi connectivity index (χ4v) is 1.93. The van der Waals surface area contributed by atoms with Gasteiger partial charge in [-0.05, 0) is 32.9 Å². The van der Waals surface area contributed by atoms with Gasteiger partial charge in [-0.15, -0.1) is 0 Å². The Bertz CT molecular complexity index is 490. The fourth-order valence-electron chi connectivity index (χ4n) is 1.93. The van der Waals surface area contributed by atoms with Crippen LogP contribution in [0, 0.1) is 6.92 Å². The highest BCUT2D eigenvalue weighted by Gasteiger charge is 2.22. The summed E-state index contributed by atoms with van der Waals surface area (Å²) >= 11 is 0. The van der Waals surface area contributed by atoms with Crippen LogP contribution in [0.15, 0.2) is 12.1 Å². The van der Waals surface area contributed by atoms with Gasteiger partial charge in [0.15, 0.2) is 0 Å². The van der Waals surface area contributed by atoms with Crippen LogP contribution in [0.1, 0.15) is 19.5 Å². The van der Waals surface area contributed by atoms with Gasteiger partial charge in [0.05, 0.1) is 30.1 Å². The number of aryl methyl sites for hydroxylation is 1. The summed E-state index contributed by atoms with van der Waals surface area (Å²) in [4.78, 5) is 18.6. The zero-order valence-electron chi connectivity index (χ0n) is 12.3. The molecule has 0 unspecified atom stereocenters. The van der Waals surface area contributed by atoms with Gasteiger partial charge in [-0.2, -0.15) is 0 Å². The number of hydrogen-bond donors (Lipinski definition) is 2. The maximum Gasteiger partial charge on any atom is 0.243 e. The Morgan fingerprint density at radius 1 is 1.40 bits per heavy atom. The van der Waals surface area contributed by atoms with E-state index < -0.39 is 5.54 Å². The topological polar surface area (TPSA) is 80.5 Å². The molecule has 0 spiro atoms. The van der Waals surface area contributed by atoms with Crippen molar-refractivity contribution in [1.82, 2.24) is 4.98 Å². The number of amides is 1. The summed E-state index contributed by atoms with van der Waals surface area (Å²) in [6.07, 6.45) is 0. The SMILES string of the molecule is Cc1nc(N2CCOCC2)ccc1NC(=O)C(C)(C)N. The van der Waals surface area contributed by atoms with Crippen molar-refractivity contribution >= 4 is 17.4 Å². The number of hydrogen-bond acceptors (Lipinski definition) is 5. The second kappa shape index (κ2) is 5.76. The molecule has 0 bridgehead atoms. The molecular formula is C14H22N4O2. The lowest BCUT2D eigenvalue weighted by atomic mass is 10.1. The van der Waals surface area contributed by atoms with E-state index in [9.17, 15) is 4.79 Å². The minimum Gasteiger partial charge on any atom is -0.378 e. The standard InChI is InChI=1S/C14H22N4O2/c1-10-11(17-13(19)14(2,3)15)4-5-12(16-10)18-6-8-20-9-7-18/h4-5H,6-9,15H2,1-3H3,(H,17,19). The molecule has 0 aliphatic carbocycles. The first kappa shape index (κ1) is 14.7. The summed E-state index contributed by atoms with van der Waals surface area (Å²) in [5.74, 6) is 0.692. The van der Waals surface area contributed by atoms with Crippen LogP contribution in [-0.4, -0.2) is 42.7 Å². The molecule has 2 heterocycles. The summed E-state index contributed by atoms with van der Waals surface area (Å²) in [6, 6.07) is 3.79. The quantitative estimate of drug-likeness (QED) is 0.858. The first-order valence-corrected chi connectivity index (χ1v) is 6.78. The second-order valence-corrected chi connectivity index (χ2v) is 5.58. The molecule has 1 aromatic heterocycles. The van der Waals surface area contributed by atoms with E-state index in [0.717, 1.165) is 37.8 Å². The van der Waals surface area contributed by atoms with Gasteiger partial charge in [-0.25, -0.2) is 4.98 Å². The molecule has 20 heavy (non-hydrogen) atoms. The summed E-state index contributed by atoms with van der Waals surface area (Å²) in [5.41, 5.74) is 6.35. The summed E-state index contributed by atoms with van der Waals surface area (Å²) in [5, 5.41) is 2.81. The minimum absolute atomic E-state index is 0.221. The van der Waals surface area contributed by atoms with E-state index in [1.807, 2.05) is 19.1 Å². The van der Waals surface area contributed by atoms with Crippen LogP contribution in [0.4, 0.5) is 11.5 Å². The lowest BCUT2D eigenvalue weighted by Gasteiger charge is -2.28. The van der Waals surface area contributed by atoms with Crippen molar-refractivity contribution in [3.63, 3.8) is 0 Å². The second-order valence-electron chi connectivity index (χ2n) is 5.58. The molecule has 1 aliphatic heterocycles. The van der Waals surface area contributed by atoms with Gasteiger partial charge >= 0.3 is 0 Å². The third-order valence-corrected chi connectivity index (χ3v) is 3.24. The molecule has 1 fully saturated rings. The molecule has 0 radical (unpaired) electrons. The van der Waals surface area contributed by atoms with Gasteiger partial charge in [-0.1, -0.05) is 0 Å². The number of ether oxygens (including phenoxy) is 1. The molecule has 0 saturated carbocycles. The van der Waals surface area contributed by atoms with Crippen LogP contribution < -0.4 is 16.0 Å². The number of carbonyl (C=O) groups is 1. The minimum atomic E-state index is -0.907. The Labute approximate surface area is 119 Å². The van der Waals surface area contributed by atoms with E-state index in [2.05, 4.69) is 15.2 Å². The Morgan fingerprint density at radius 2 is 2.05 bits per heavy atom. The van der Waals surface area contributed by atoms with Gasteiger partial charge in [0.2, 0.25) is 5.91 Å². The summed E-state index contributed by atoms with van der Waals surface area (Å²) < 4.78 is 5.32. The Kier molecular flexibility index (Phi) is 4.25. The summed E-state index contributed by atoms with van der Waals surface area (Å²) in [7, 11) is 0. The first-order valence-electron chi connectivity index (χ1n) is 6.78. The molecule has 1 amide bonds. The lowest BCUT2D eigenvalue weighted by Crippen LogP contribution is -2.45. The van der Waals surface area contributed by atoms with Gasteiger partial charge in [0.25, 0.3) is 0 Å². The van der Waals surface area contributed by atoms with E-state index >= 15 is 0 Å². The van der Waals surface area contributed by atoms with E-state index in [1.165, 1.54) is 0 Å². The predicted molar refractivity (Wildman–Crippen MR) is 78.9 cm³/mol. The van der Waals surface area contributed by atoms with Crippen LogP contribution in [0.25, 0.3) is 0 Å². The van der Waals surface area contributed by atoms with Crippen molar-refractivity contribution in [1.29, 1.82) is 0 Å². The molecule has 6 nitrogen and oxygen atoms in total. The van der Waals surface area contributed by atoms with Crippen LogP contribution in [0.5, 0.6) is 0 Å². The molecular weight excluding hydrogens is 256 g/mol. The Hall–Kier alpha value is -1.66. The first-order chi connectivity index (χ1) is 9.38. The molecule has 2 rings (SSSR count). The molecule has 6 heteroatoms. The van der Waals surface area contributed by atoms with Crippen molar-refractivity contribution in [2.24, 2.45) is 5.73 Å². The third-order valence-electron chi connectivity index (χ3n) is 3.24. The van der Waals surface area contributed by atoms with Gasteiger partial charge in [0, 0.05) is 13.1 Å². The average Bonchev–Trinajstić information content (AvgIpc) is 2.41. The molecule has 3 N–H and O–H groups in total. The lowest BCUT2D eigenvalue weighted by molar-refractivity contribution is -0.120. The normalized spacial score (nSPS) is 16.1. The highest BCUT2D eigenvalue weighted by molar-refractivity contribution is 5.97. The number of morpholine rings is 1. The molecule has 1 aliphatic rings. The van der Waals surface area contributed by atoms with Crippen LogP contribution in [0.2, 0.25) is 0 Å². The number of pyridine rings is 1.